The normalized spacial score (nSPS) is 22.4. The Balaban J connectivity index is 1.72. The molecule has 0 amide bonds. The third-order valence-corrected chi connectivity index (χ3v) is 5.16. The van der Waals surface area contributed by atoms with Crippen LogP contribution < -0.4 is 16.8 Å². The fourth-order valence-corrected chi connectivity index (χ4v) is 3.84. The first-order chi connectivity index (χ1) is 11.5. The van der Waals surface area contributed by atoms with Crippen LogP contribution in [0.3, 0.4) is 0 Å². The van der Waals surface area contributed by atoms with Crippen LogP contribution in [0, 0.1) is 6.92 Å². The second-order valence-electron chi connectivity index (χ2n) is 6.92. The van der Waals surface area contributed by atoms with E-state index in [1.807, 2.05) is 13.0 Å². The van der Waals surface area contributed by atoms with Gasteiger partial charge < -0.3 is 16.8 Å². The quantitative estimate of drug-likeness (QED) is 0.743. The van der Waals surface area contributed by atoms with Crippen LogP contribution in [0.5, 0.6) is 0 Å². The van der Waals surface area contributed by atoms with Crippen molar-refractivity contribution in [3.8, 4) is 0 Å². The molecule has 0 spiro atoms. The predicted molar refractivity (Wildman–Crippen MR) is 94.3 cm³/mol. The summed E-state index contributed by atoms with van der Waals surface area (Å²) in [4.78, 5) is 13.2. The van der Waals surface area contributed by atoms with Crippen molar-refractivity contribution in [2.24, 2.45) is 5.73 Å². The number of nitrogens with two attached hydrogens (primary N) is 2. The minimum absolute atomic E-state index is 0.0381. The summed E-state index contributed by atoms with van der Waals surface area (Å²) in [6, 6.07) is 6.29. The van der Waals surface area contributed by atoms with Gasteiger partial charge in [0.2, 0.25) is 0 Å². The molecule has 0 fully saturated rings. The maximum Gasteiger partial charge on any atom is 0.256 e. The van der Waals surface area contributed by atoms with E-state index < -0.39 is 0 Å². The third kappa shape index (κ3) is 2.38. The van der Waals surface area contributed by atoms with Gasteiger partial charge in [-0.15, -0.1) is 0 Å². The Morgan fingerprint density at radius 2 is 2.21 bits per heavy atom. The summed E-state index contributed by atoms with van der Waals surface area (Å²) in [5, 5.41) is 7.88. The van der Waals surface area contributed by atoms with E-state index in [9.17, 15) is 4.79 Å². The highest BCUT2D eigenvalue weighted by Crippen LogP contribution is 2.35. The first-order valence-corrected chi connectivity index (χ1v) is 8.55. The SMILES string of the molecule is Cc1ccc2c(c1)C(C(=O)n1nc3c(c1N)CC[C@@H](N)C3)CCN2. The molecule has 1 aliphatic heterocycles. The van der Waals surface area contributed by atoms with Gasteiger partial charge in [-0.3, -0.25) is 4.79 Å². The van der Waals surface area contributed by atoms with Crippen LogP contribution in [0.4, 0.5) is 11.5 Å². The fourth-order valence-electron chi connectivity index (χ4n) is 3.84. The summed E-state index contributed by atoms with van der Waals surface area (Å²) >= 11 is 0. The lowest BCUT2D eigenvalue weighted by atomic mass is 9.89. The van der Waals surface area contributed by atoms with Crippen LogP contribution in [-0.4, -0.2) is 28.3 Å². The average molecular weight is 325 g/mol. The van der Waals surface area contributed by atoms with Crippen molar-refractivity contribution in [2.75, 3.05) is 17.6 Å². The number of nitrogens with one attached hydrogen (secondary N) is 1. The van der Waals surface area contributed by atoms with Crippen molar-refractivity contribution in [3.63, 3.8) is 0 Å². The summed E-state index contributed by atoms with van der Waals surface area (Å²) in [6.45, 7) is 2.82. The van der Waals surface area contributed by atoms with Gasteiger partial charge in [0.1, 0.15) is 5.82 Å². The molecular formula is C18H23N5O. The minimum atomic E-state index is -0.210. The van der Waals surface area contributed by atoms with Gasteiger partial charge in [-0.25, -0.2) is 0 Å². The van der Waals surface area contributed by atoms with E-state index in [1.165, 1.54) is 4.68 Å². The van der Waals surface area contributed by atoms with Crippen LogP contribution in [0.1, 0.15) is 45.9 Å². The van der Waals surface area contributed by atoms with Crippen molar-refractivity contribution < 1.29 is 4.79 Å². The number of hydrogen-bond acceptors (Lipinski definition) is 5. The monoisotopic (exact) mass is 325 g/mol. The molecule has 6 nitrogen and oxygen atoms in total. The highest BCUT2D eigenvalue weighted by atomic mass is 16.2. The zero-order valence-electron chi connectivity index (χ0n) is 13.9. The smallest absolute Gasteiger partial charge is 0.256 e. The topological polar surface area (TPSA) is 99.0 Å². The molecule has 2 aromatic rings. The lowest BCUT2D eigenvalue weighted by Gasteiger charge is -2.26. The highest BCUT2D eigenvalue weighted by Gasteiger charge is 2.32. The number of aromatic nitrogens is 2. The number of benzene rings is 1. The van der Waals surface area contributed by atoms with E-state index in [-0.39, 0.29) is 17.9 Å². The molecule has 4 rings (SSSR count). The maximum absolute atomic E-state index is 13.2. The molecule has 2 aliphatic rings. The van der Waals surface area contributed by atoms with Crippen LogP contribution in [-0.2, 0) is 12.8 Å². The van der Waals surface area contributed by atoms with Gasteiger partial charge in [-0.1, -0.05) is 17.7 Å². The Labute approximate surface area is 141 Å². The first-order valence-electron chi connectivity index (χ1n) is 8.55. The van der Waals surface area contributed by atoms with Crippen molar-refractivity contribution in [1.29, 1.82) is 0 Å². The Kier molecular flexibility index (Phi) is 3.57. The van der Waals surface area contributed by atoms with Gasteiger partial charge in [0.25, 0.3) is 5.91 Å². The first kappa shape index (κ1) is 15.2. The number of carbonyl (C=O) groups excluding carboxylic acids is 1. The molecule has 0 radical (unpaired) electrons. The zero-order chi connectivity index (χ0) is 16.8. The van der Waals surface area contributed by atoms with Gasteiger partial charge in [0, 0.05) is 30.3 Å². The number of anilines is 2. The molecule has 1 aromatic heterocycles. The van der Waals surface area contributed by atoms with Crippen molar-refractivity contribution in [2.45, 2.75) is 44.6 Å². The summed E-state index contributed by atoms with van der Waals surface area (Å²) in [7, 11) is 0. The number of nitrogen functional groups attached to an aromatic ring is 1. The molecule has 0 saturated carbocycles. The second kappa shape index (κ2) is 5.63. The number of fused-ring (bicyclic) bond motifs is 2. The van der Waals surface area contributed by atoms with E-state index in [1.54, 1.807) is 0 Å². The van der Waals surface area contributed by atoms with Crippen LogP contribution in [0.25, 0.3) is 0 Å². The molecule has 2 heterocycles. The fraction of sp³-hybridized carbons (Fsp3) is 0.444. The van der Waals surface area contributed by atoms with Gasteiger partial charge in [-0.05, 0) is 37.8 Å². The van der Waals surface area contributed by atoms with Crippen LogP contribution in [0.2, 0.25) is 0 Å². The molecule has 24 heavy (non-hydrogen) atoms. The molecule has 1 unspecified atom stereocenters. The molecule has 2 atom stereocenters. The van der Waals surface area contributed by atoms with Crippen LogP contribution >= 0.6 is 0 Å². The van der Waals surface area contributed by atoms with E-state index in [0.29, 0.717) is 12.2 Å². The molecule has 0 saturated heterocycles. The number of rotatable bonds is 1. The van der Waals surface area contributed by atoms with E-state index in [0.717, 1.165) is 53.9 Å². The second-order valence-corrected chi connectivity index (χ2v) is 6.92. The summed E-state index contributed by atoms with van der Waals surface area (Å²) in [6.07, 6.45) is 3.14. The van der Waals surface area contributed by atoms with Gasteiger partial charge >= 0.3 is 0 Å². The van der Waals surface area contributed by atoms with Gasteiger partial charge in [0.15, 0.2) is 0 Å². The minimum Gasteiger partial charge on any atom is -0.385 e. The van der Waals surface area contributed by atoms with E-state index >= 15 is 0 Å². The molecule has 0 bridgehead atoms. The lowest BCUT2D eigenvalue weighted by molar-refractivity contribution is 0.0859. The molecule has 5 N–H and O–H groups in total. The highest BCUT2D eigenvalue weighted by molar-refractivity contribution is 5.90. The lowest BCUT2D eigenvalue weighted by Crippen LogP contribution is -2.28. The summed E-state index contributed by atoms with van der Waals surface area (Å²) < 4.78 is 1.42. The maximum atomic E-state index is 13.2. The predicted octanol–water partition coefficient (Wildman–Crippen LogP) is 1.83. The molecule has 6 heteroatoms. The van der Waals surface area contributed by atoms with Gasteiger partial charge in [0.05, 0.1) is 11.6 Å². The summed E-state index contributed by atoms with van der Waals surface area (Å²) in [5.74, 6) is 0.247. The number of hydrogen-bond donors (Lipinski definition) is 3. The standard InChI is InChI=1S/C18H23N5O/c1-10-2-5-15-14(8-10)12(6-7-21-15)18(24)23-17(20)13-4-3-11(19)9-16(13)22-23/h2,5,8,11-12,21H,3-4,6-7,9,19-20H2,1H3/t11-,12?/m1/s1. The zero-order valence-corrected chi connectivity index (χ0v) is 13.9. The van der Waals surface area contributed by atoms with E-state index in [2.05, 4.69) is 22.5 Å². The number of aryl methyl sites for hydroxylation is 1. The average Bonchev–Trinajstić information content (AvgIpc) is 2.89. The Bertz CT molecular complexity index is 810. The molecule has 1 aliphatic carbocycles. The van der Waals surface area contributed by atoms with E-state index in [4.69, 9.17) is 11.5 Å². The number of carbonyl (C=O) groups is 1. The Hall–Kier alpha value is -2.34. The van der Waals surface area contributed by atoms with Crippen molar-refractivity contribution >= 4 is 17.4 Å². The Morgan fingerprint density at radius 1 is 1.38 bits per heavy atom. The molecule has 1 aromatic carbocycles. The van der Waals surface area contributed by atoms with Crippen molar-refractivity contribution in [3.05, 3.63) is 40.6 Å². The largest absolute Gasteiger partial charge is 0.385 e. The van der Waals surface area contributed by atoms with Crippen LogP contribution in [0.15, 0.2) is 18.2 Å². The third-order valence-electron chi connectivity index (χ3n) is 5.16. The number of nitrogens with zero attached hydrogens (tertiary/aromatic N) is 2. The Morgan fingerprint density at radius 3 is 3.04 bits per heavy atom. The summed E-state index contributed by atoms with van der Waals surface area (Å²) in [5.41, 5.74) is 17.4. The van der Waals surface area contributed by atoms with Crippen molar-refractivity contribution in [1.82, 2.24) is 9.78 Å². The van der Waals surface area contributed by atoms with Gasteiger partial charge in [-0.2, -0.15) is 9.78 Å². The molecule has 126 valence electrons. The molecular weight excluding hydrogens is 302 g/mol.